The highest BCUT2D eigenvalue weighted by Crippen LogP contribution is 2.23. The molecule has 2 aliphatic rings. The number of hydrogen-bond acceptors (Lipinski definition) is 2. The van der Waals surface area contributed by atoms with Crippen LogP contribution >= 0.6 is 0 Å². The summed E-state index contributed by atoms with van der Waals surface area (Å²) in [6.07, 6.45) is 3.36. The van der Waals surface area contributed by atoms with E-state index in [1.54, 1.807) is 0 Å². The van der Waals surface area contributed by atoms with Crippen LogP contribution in [-0.4, -0.2) is 36.0 Å². The molecule has 14 heavy (non-hydrogen) atoms. The minimum absolute atomic E-state index is 0.130. The van der Waals surface area contributed by atoms with Crippen LogP contribution in [0.15, 0.2) is 0 Å². The van der Waals surface area contributed by atoms with E-state index in [1.807, 2.05) is 0 Å². The average molecular weight is 196 g/mol. The highest BCUT2D eigenvalue weighted by molar-refractivity contribution is 5.83. The number of hydrogen-bond donors (Lipinski definition) is 1. The first-order chi connectivity index (χ1) is 6.68. The number of amides is 1. The second kappa shape index (κ2) is 3.89. The molecule has 3 nitrogen and oxygen atoms in total. The summed E-state index contributed by atoms with van der Waals surface area (Å²) < 4.78 is 0. The lowest BCUT2D eigenvalue weighted by Gasteiger charge is -2.40. The first kappa shape index (κ1) is 9.97. The van der Waals surface area contributed by atoms with Gasteiger partial charge in [-0.2, -0.15) is 0 Å². The van der Waals surface area contributed by atoms with Gasteiger partial charge in [0.2, 0.25) is 5.91 Å². The van der Waals surface area contributed by atoms with Gasteiger partial charge in [-0.25, -0.2) is 0 Å². The molecule has 0 bridgehead atoms. The summed E-state index contributed by atoms with van der Waals surface area (Å²) in [5.41, 5.74) is 0. The highest BCUT2D eigenvalue weighted by atomic mass is 16.2. The third kappa shape index (κ3) is 1.78. The van der Waals surface area contributed by atoms with Crippen molar-refractivity contribution < 1.29 is 4.79 Å². The van der Waals surface area contributed by atoms with Crippen molar-refractivity contribution in [1.29, 1.82) is 0 Å². The van der Waals surface area contributed by atoms with Crippen molar-refractivity contribution in [2.24, 2.45) is 5.92 Å². The van der Waals surface area contributed by atoms with E-state index in [-0.39, 0.29) is 6.04 Å². The molecule has 0 radical (unpaired) electrons. The summed E-state index contributed by atoms with van der Waals surface area (Å²) in [5, 5.41) is 3.18. The molecular weight excluding hydrogens is 176 g/mol. The van der Waals surface area contributed by atoms with Crippen LogP contribution in [0.4, 0.5) is 0 Å². The fourth-order valence-electron chi connectivity index (χ4n) is 2.43. The van der Waals surface area contributed by atoms with Crippen molar-refractivity contribution in [2.75, 3.05) is 13.1 Å². The summed E-state index contributed by atoms with van der Waals surface area (Å²) in [5.74, 6) is 1.11. The molecule has 0 saturated carbocycles. The average Bonchev–Trinajstić information content (AvgIpc) is 2.00. The maximum absolute atomic E-state index is 12.0. The van der Waals surface area contributed by atoms with Gasteiger partial charge in [0.25, 0.3) is 0 Å². The van der Waals surface area contributed by atoms with Crippen LogP contribution in [0.25, 0.3) is 0 Å². The zero-order valence-electron chi connectivity index (χ0n) is 9.12. The number of nitrogens with one attached hydrogen (secondary N) is 1. The molecule has 80 valence electrons. The van der Waals surface area contributed by atoms with E-state index in [4.69, 9.17) is 0 Å². The number of piperidine rings is 1. The van der Waals surface area contributed by atoms with E-state index in [9.17, 15) is 4.79 Å². The van der Waals surface area contributed by atoms with Gasteiger partial charge < -0.3 is 10.2 Å². The minimum Gasteiger partial charge on any atom is -0.339 e. The molecule has 0 aromatic rings. The molecule has 2 heterocycles. The van der Waals surface area contributed by atoms with Crippen molar-refractivity contribution in [3.63, 3.8) is 0 Å². The zero-order valence-corrected chi connectivity index (χ0v) is 9.12. The third-order valence-electron chi connectivity index (χ3n) is 3.54. The largest absolute Gasteiger partial charge is 0.339 e. The smallest absolute Gasteiger partial charge is 0.239 e. The Hall–Kier alpha value is -0.570. The van der Waals surface area contributed by atoms with Gasteiger partial charge in [-0.05, 0) is 38.6 Å². The SMILES string of the molecule is CC1CCN(C(=O)C2CCN2)C(C)C1. The first-order valence-corrected chi connectivity index (χ1v) is 5.72. The summed E-state index contributed by atoms with van der Waals surface area (Å²) in [6, 6.07) is 0.569. The molecule has 2 fully saturated rings. The maximum Gasteiger partial charge on any atom is 0.239 e. The van der Waals surface area contributed by atoms with Gasteiger partial charge >= 0.3 is 0 Å². The normalized spacial score (nSPS) is 37.9. The number of likely N-dealkylation sites (tertiary alicyclic amines) is 1. The Morgan fingerprint density at radius 3 is 2.57 bits per heavy atom. The topological polar surface area (TPSA) is 32.3 Å². The van der Waals surface area contributed by atoms with E-state index in [0.29, 0.717) is 11.9 Å². The number of nitrogens with zero attached hydrogens (tertiary/aromatic N) is 1. The molecule has 0 spiro atoms. The van der Waals surface area contributed by atoms with Gasteiger partial charge in [0.15, 0.2) is 0 Å². The Morgan fingerprint density at radius 2 is 2.07 bits per heavy atom. The van der Waals surface area contributed by atoms with Crippen LogP contribution in [0.2, 0.25) is 0 Å². The fraction of sp³-hybridized carbons (Fsp3) is 0.909. The van der Waals surface area contributed by atoms with Crippen LogP contribution in [0, 0.1) is 5.92 Å². The molecule has 0 aliphatic carbocycles. The van der Waals surface area contributed by atoms with Crippen molar-refractivity contribution in [3.05, 3.63) is 0 Å². The van der Waals surface area contributed by atoms with Gasteiger partial charge in [0.1, 0.15) is 0 Å². The van der Waals surface area contributed by atoms with Gasteiger partial charge in [-0.1, -0.05) is 6.92 Å². The lowest BCUT2D eigenvalue weighted by atomic mass is 9.92. The van der Waals surface area contributed by atoms with Gasteiger partial charge in [-0.3, -0.25) is 4.79 Å². The van der Waals surface area contributed by atoms with E-state index < -0.39 is 0 Å². The summed E-state index contributed by atoms with van der Waals surface area (Å²) in [4.78, 5) is 14.0. The van der Waals surface area contributed by atoms with Crippen molar-refractivity contribution in [2.45, 2.75) is 45.2 Å². The Labute approximate surface area is 85.8 Å². The number of rotatable bonds is 1. The van der Waals surface area contributed by atoms with E-state index in [1.165, 1.54) is 12.8 Å². The van der Waals surface area contributed by atoms with Crippen LogP contribution in [0.1, 0.15) is 33.1 Å². The zero-order chi connectivity index (χ0) is 10.1. The number of carbonyl (C=O) groups excluding carboxylic acids is 1. The Morgan fingerprint density at radius 1 is 1.36 bits per heavy atom. The van der Waals surface area contributed by atoms with Crippen LogP contribution in [-0.2, 0) is 4.79 Å². The third-order valence-corrected chi connectivity index (χ3v) is 3.54. The molecular formula is C11H20N2O. The molecule has 0 aromatic heterocycles. The van der Waals surface area contributed by atoms with Gasteiger partial charge in [0.05, 0.1) is 6.04 Å². The van der Waals surface area contributed by atoms with Crippen molar-refractivity contribution in [3.8, 4) is 0 Å². The summed E-state index contributed by atoms with van der Waals surface area (Å²) in [6.45, 7) is 6.42. The molecule has 2 rings (SSSR count). The quantitative estimate of drug-likeness (QED) is 0.678. The number of carbonyl (C=O) groups is 1. The van der Waals surface area contributed by atoms with Crippen LogP contribution in [0.5, 0.6) is 0 Å². The predicted octanol–water partition coefficient (Wildman–Crippen LogP) is 0.995. The van der Waals surface area contributed by atoms with Gasteiger partial charge in [-0.15, -0.1) is 0 Å². The Kier molecular flexibility index (Phi) is 2.77. The molecule has 1 amide bonds. The van der Waals surface area contributed by atoms with E-state index in [2.05, 4.69) is 24.1 Å². The maximum atomic E-state index is 12.0. The standard InChI is InChI=1S/C11H20N2O/c1-8-4-6-13(9(2)7-8)11(14)10-3-5-12-10/h8-10,12H,3-7H2,1-2H3. The summed E-state index contributed by atoms with van der Waals surface area (Å²) >= 11 is 0. The summed E-state index contributed by atoms with van der Waals surface area (Å²) in [7, 11) is 0. The molecule has 3 heteroatoms. The molecule has 3 unspecified atom stereocenters. The van der Waals surface area contributed by atoms with Crippen molar-refractivity contribution in [1.82, 2.24) is 10.2 Å². The van der Waals surface area contributed by atoms with E-state index in [0.717, 1.165) is 25.4 Å². The monoisotopic (exact) mass is 196 g/mol. The fourth-order valence-corrected chi connectivity index (χ4v) is 2.43. The van der Waals surface area contributed by atoms with Crippen molar-refractivity contribution >= 4 is 5.91 Å². The molecule has 0 aromatic carbocycles. The van der Waals surface area contributed by atoms with Gasteiger partial charge in [0, 0.05) is 12.6 Å². The predicted molar refractivity (Wildman–Crippen MR) is 56.0 cm³/mol. The first-order valence-electron chi connectivity index (χ1n) is 5.72. The second-order valence-corrected chi connectivity index (χ2v) is 4.81. The van der Waals surface area contributed by atoms with Crippen LogP contribution in [0.3, 0.4) is 0 Å². The minimum atomic E-state index is 0.130. The molecule has 2 saturated heterocycles. The second-order valence-electron chi connectivity index (χ2n) is 4.81. The molecule has 1 N–H and O–H groups in total. The van der Waals surface area contributed by atoms with E-state index >= 15 is 0 Å². The lowest BCUT2D eigenvalue weighted by Crippen LogP contribution is -2.57. The molecule has 3 atom stereocenters. The highest BCUT2D eigenvalue weighted by Gasteiger charge is 2.33. The Balaban J connectivity index is 1.92. The lowest BCUT2D eigenvalue weighted by molar-refractivity contribution is -0.139. The van der Waals surface area contributed by atoms with Crippen LogP contribution < -0.4 is 5.32 Å². The Bertz CT molecular complexity index is 225. The molecule has 2 aliphatic heterocycles.